The van der Waals surface area contributed by atoms with Crippen LogP contribution < -0.4 is 10.6 Å². The summed E-state index contributed by atoms with van der Waals surface area (Å²) in [5, 5.41) is 6.16. The molecule has 5 nitrogen and oxygen atoms in total. The molecule has 5 heteroatoms. The quantitative estimate of drug-likeness (QED) is 0.821. The second-order valence-electron chi connectivity index (χ2n) is 5.82. The van der Waals surface area contributed by atoms with Crippen LogP contribution in [-0.2, 0) is 9.53 Å². The van der Waals surface area contributed by atoms with E-state index in [1.165, 1.54) is 20.0 Å². The van der Waals surface area contributed by atoms with E-state index >= 15 is 0 Å². The maximum Gasteiger partial charge on any atom is 0.337 e. The van der Waals surface area contributed by atoms with Gasteiger partial charge in [0.1, 0.15) is 6.04 Å². The Morgan fingerprint density at radius 2 is 2.00 bits per heavy atom. The van der Waals surface area contributed by atoms with Crippen molar-refractivity contribution in [2.75, 3.05) is 17.7 Å². The van der Waals surface area contributed by atoms with Crippen molar-refractivity contribution in [1.82, 2.24) is 0 Å². The van der Waals surface area contributed by atoms with Gasteiger partial charge in [0.05, 0.1) is 24.0 Å². The molecular formula is C16H20N2O3. The summed E-state index contributed by atoms with van der Waals surface area (Å²) >= 11 is 0. The normalized spacial score (nSPS) is 21.4. The van der Waals surface area contributed by atoms with E-state index in [0.717, 1.165) is 24.1 Å². The number of nitrogens with one attached hydrogen (secondary N) is 2. The summed E-state index contributed by atoms with van der Waals surface area (Å²) in [6, 6.07) is 3.34. The molecule has 0 spiro atoms. The number of anilines is 2. The Kier molecular flexibility index (Phi) is 3.57. The second-order valence-corrected chi connectivity index (χ2v) is 5.82. The Balaban J connectivity index is 2.09. The lowest BCUT2D eigenvalue weighted by Crippen LogP contribution is -2.37. The van der Waals surface area contributed by atoms with Crippen molar-refractivity contribution in [3.05, 3.63) is 23.3 Å². The minimum atomic E-state index is -0.370. The third-order valence-electron chi connectivity index (χ3n) is 4.40. The first-order valence-corrected chi connectivity index (χ1v) is 7.44. The van der Waals surface area contributed by atoms with Crippen LogP contribution in [0.4, 0.5) is 11.4 Å². The first-order valence-electron chi connectivity index (χ1n) is 7.44. The van der Waals surface area contributed by atoms with Crippen LogP contribution in [0.15, 0.2) is 12.1 Å². The summed E-state index contributed by atoms with van der Waals surface area (Å²) in [5.41, 5.74) is 3.26. The number of fused-ring (bicyclic) bond motifs is 1. The molecule has 2 aliphatic rings. The highest BCUT2D eigenvalue weighted by molar-refractivity contribution is 6.05. The highest BCUT2D eigenvalue weighted by Crippen LogP contribution is 2.42. The molecule has 21 heavy (non-hydrogen) atoms. The summed E-state index contributed by atoms with van der Waals surface area (Å²) in [4.78, 5) is 23.7. The predicted octanol–water partition coefficient (Wildman–Crippen LogP) is 2.88. The molecule has 1 fully saturated rings. The van der Waals surface area contributed by atoms with Crippen molar-refractivity contribution in [2.45, 2.75) is 44.6 Å². The zero-order valence-electron chi connectivity index (χ0n) is 12.4. The van der Waals surface area contributed by atoms with Crippen LogP contribution in [0.2, 0.25) is 0 Å². The van der Waals surface area contributed by atoms with Gasteiger partial charge < -0.3 is 15.4 Å². The molecule has 0 saturated heterocycles. The summed E-state index contributed by atoms with van der Waals surface area (Å²) in [5.74, 6) is -0.00939. The Morgan fingerprint density at radius 3 is 2.67 bits per heavy atom. The van der Waals surface area contributed by atoms with E-state index in [2.05, 4.69) is 10.6 Å². The minimum Gasteiger partial charge on any atom is -0.465 e. The number of hydrogen-bond acceptors (Lipinski definition) is 4. The van der Waals surface area contributed by atoms with E-state index < -0.39 is 0 Å². The number of amides is 1. The monoisotopic (exact) mass is 288 g/mol. The van der Waals surface area contributed by atoms with E-state index in [4.69, 9.17) is 4.74 Å². The Bertz CT molecular complexity index is 591. The fourth-order valence-electron chi connectivity index (χ4n) is 3.24. The van der Waals surface area contributed by atoms with E-state index in [1.807, 2.05) is 13.0 Å². The molecule has 2 N–H and O–H groups in total. The number of ether oxygens (including phenoxy) is 1. The number of esters is 1. The standard InChI is InChI=1S/C16H20N2O3/c1-9-15(19)18-13-8-11(16(20)21-2)7-12(14(13)17-9)10-5-3-4-6-10/h7-10,17H,3-6H2,1-2H3,(H,18,19). The maximum absolute atomic E-state index is 11.9. The average molecular weight is 288 g/mol. The SMILES string of the molecule is COC(=O)c1cc2c(c(C3CCCC3)c1)NC(C)C(=O)N2. The van der Waals surface area contributed by atoms with Crippen molar-refractivity contribution < 1.29 is 14.3 Å². The number of methoxy groups -OCH3 is 1. The van der Waals surface area contributed by atoms with Gasteiger partial charge in [0.25, 0.3) is 0 Å². The molecule has 112 valence electrons. The molecule has 1 amide bonds. The molecular weight excluding hydrogens is 268 g/mol. The lowest BCUT2D eigenvalue weighted by molar-refractivity contribution is -0.116. The largest absolute Gasteiger partial charge is 0.465 e. The average Bonchev–Trinajstić information content (AvgIpc) is 3.00. The molecule has 1 saturated carbocycles. The van der Waals surface area contributed by atoms with E-state index in [-0.39, 0.29) is 17.9 Å². The van der Waals surface area contributed by atoms with Gasteiger partial charge >= 0.3 is 5.97 Å². The van der Waals surface area contributed by atoms with Crippen LogP contribution in [-0.4, -0.2) is 25.0 Å². The van der Waals surface area contributed by atoms with E-state index in [1.54, 1.807) is 6.07 Å². The van der Waals surface area contributed by atoms with Crippen LogP contribution >= 0.6 is 0 Å². The first kappa shape index (κ1) is 13.9. The summed E-state index contributed by atoms with van der Waals surface area (Å²) < 4.78 is 4.82. The van der Waals surface area contributed by atoms with Crippen LogP contribution in [0.5, 0.6) is 0 Å². The molecule has 0 aromatic heterocycles. The highest BCUT2D eigenvalue weighted by Gasteiger charge is 2.29. The van der Waals surface area contributed by atoms with Gasteiger partial charge in [-0.2, -0.15) is 0 Å². The van der Waals surface area contributed by atoms with Crippen molar-refractivity contribution in [2.24, 2.45) is 0 Å². The highest BCUT2D eigenvalue weighted by atomic mass is 16.5. The molecule has 1 aromatic carbocycles. The summed E-state index contributed by atoms with van der Waals surface area (Å²) in [7, 11) is 1.37. The predicted molar refractivity (Wildman–Crippen MR) is 80.7 cm³/mol. The number of hydrogen-bond donors (Lipinski definition) is 2. The van der Waals surface area contributed by atoms with Crippen LogP contribution in [0, 0.1) is 0 Å². The third kappa shape index (κ3) is 2.48. The zero-order chi connectivity index (χ0) is 15.0. The third-order valence-corrected chi connectivity index (χ3v) is 4.40. The number of rotatable bonds is 2. The van der Waals surface area contributed by atoms with Gasteiger partial charge in [-0.15, -0.1) is 0 Å². The molecule has 1 aliphatic heterocycles. The summed E-state index contributed by atoms with van der Waals surface area (Å²) in [6.07, 6.45) is 4.68. The van der Waals surface area contributed by atoms with Gasteiger partial charge in [-0.1, -0.05) is 12.8 Å². The van der Waals surface area contributed by atoms with Gasteiger partial charge in [-0.05, 0) is 43.4 Å². The van der Waals surface area contributed by atoms with Crippen molar-refractivity contribution in [1.29, 1.82) is 0 Å². The lowest BCUT2D eigenvalue weighted by Gasteiger charge is -2.29. The Labute approximate surface area is 124 Å². The maximum atomic E-state index is 11.9. The van der Waals surface area contributed by atoms with Gasteiger partial charge in [0.15, 0.2) is 0 Å². The van der Waals surface area contributed by atoms with E-state index in [9.17, 15) is 9.59 Å². The molecule has 0 radical (unpaired) electrons. The molecule has 1 aromatic rings. The molecule has 1 atom stereocenters. The molecule has 1 aliphatic carbocycles. The van der Waals surface area contributed by atoms with E-state index in [0.29, 0.717) is 17.2 Å². The van der Waals surface area contributed by atoms with Crippen molar-refractivity contribution in [3.63, 3.8) is 0 Å². The Hall–Kier alpha value is -2.04. The molecule has 3 rings (SSSR count). The van der Waals surface area contributed by atoms with Gasteiger partial charge in [0.2, 0.25) is 5.91 Å². The molecule has 1 unspecified atom stereocenters. The Morgan fingerprint density at radius 1 is 1.29 bits per heavy atom. The summed E-state index contributed by atoms with van der Waals surface area (Å²) in [6.45, 7) is 1.84. The zero-order valence-corrected chi connectivity index (χ0v) is 12.4. The topological polar surface area (TPSA) is 67.4 Å². The fourth-order valence-corrected chi connectivity index (χ4v) is 3.24. The first-order chi connectivity index (χ1) is 10.1. The second kappa shape index (κ2) is 5.39. The van der Waals surface area contributed by atoms with Gasteiger partial charge in [-0.25, -0.2) is 4.79 Å². The fraction of sp³-hybridized carbons (Fsp3) is 0.500. The van der Waals surface area contributed by atoms with Crippen LogP contribution in [0.25, 0.3) is 0 Å². The van der Waals surface area contributed by atoms with Crippen LogP contribution in [0.1, 0.15) is 54.4 Å². The lowest BCUT2D eigenvalue weighted by atomic mass is 9.91. The van der Waals surface area contributed by atoms with Gasteiger partial charge in [-0.3, -0.25) is 4.79 Å². The molecule has 1 heterocycles. The van der Waals surface area contributed by atoms with Crippen LogP contribution in [0.3, 0.4) is 0 Å². The minimum absolute atomic E-state index is 0.0816. The number of carbonyl (C=O) groups excluding carboxylic acids is 2. The van der Waals surface area contributed by atoms with Gasteiger partial charge in [0, 0.05) is 0 Å². The number of benzene rings is 1. The van der Waals surface area contributed by atoms with Crippen molar-refractivity contribution in [3.8, 4) is 0 Å². The number of carbonyl (C=O) groups is 2. The van der Waals surface area contributed by atoms with Crippen molar-refractivity contribution >= 4 is 23.3 Å². The molecule has 0 bridgehead atoms. The smallest absolute Gasteiger partial charge is 0.337 e.